The molecule has 1 aromatic heterocycles. The Labute approximate surface area is 144 Å². The summed E-state index contributed by atoms with van der Waals surface area (Å²) >= 11 is 0. The first-order valence-electron chi connectivity index (χ1n) is 8.05. The van der Waals surface area contributed by atoms with Crippen LogP contribution in [0, 0.1) is 0 Å². The van der Waals surface area contributed by atoms with Crippen molar-refractivity contribution in [2.75, 3.05) is 6.54 Å². The van der Waals surface area contributed by atoms with Crippen LogP contribution in [0.15, 0.2) is 12.5 Å². The van der Waals surface area contributed by atoms with Crippen molar-refractivity contribution < 1.29 is 24.6 Å². The number of carbonyl (C=O) groups excluding carboxylic acids is 2. The van der Waals surface area contributed by atoms with Crippen LogP contribution in [0.5, 0.6) is 0 Å². The highest BCUT2D eigenvalue weighted by molar-refractivity contribution is 5.92. The summed E-state index contributed by atoms with van der Waals surface area (Å²) in [5.74, 6) is -2.25. The van der Waals surface area contributed by atoms with Crippen molar-refractivity contribution in [2.24, 2.45) is 5.73 Å². The number of amides is 2. The van der Waals surface area contributed by atoms with Crippen LogP contribution < -0.4 is 11.1 Å². The summed E-state index contributed by atoms with van der Waals surface area (Å²) in [6.07, 6.45) is 2.94. The van der Waals surface area contributed by atoms with Gasteiger partial charge in [-0.25, -0.2) is 9.78 Å². The van der Waals surface area contributed by atoms with Gasteiger partial charge < -0.3 is 31.1 Å². The number of nitrogens with zero attached hydrogens (tertiary/aromatic N) is 2. The minimum absolute atomic E-state index is 0.0505. The SMILES string of the molecule is CC(O)C(N)C(=O)N1CCCC1C(=O)NC(Cc1cnc[nH]1)C(=O)O. The van der Waals surface area contributed by atoms with Gasteiger partial charge >= 0.3 is 5.97 Å². The monoisotopic (exact) mass is 353 g/mol. The van der Waals surface area contributed by atoms with Gasteiger partial charge in [-0.05, 0) is 19.8 Å². The molecule has 0 aliphatic carbocycles. The Balaban J connectivity index is 2.04. The number of carbonyl (C=O) groups is 3. The van der Waals surface area contributed by atoms with Gasteiger partial charge in [0.05, 0.1) is 12.4 Å². The molecule has 10 nitrogen and oxygen atoms in total. The van der Waals surface area contributed by atoms with Gasteiger partial charge in [0.1, 0.15) is 18.1 Å². The van der Waals surface area contributed by atoms with Crippen molar-refractivity contribution in [1.82, 2.24) is 20.2 Å². The molecule has 4 unspecified atom stereocenters. The lowest BCUT2D eigenvalue weighted by Crippen LogP contribution is -2.56. The number of carboxylic acids is 1. The fourth-order valence-electron chi connectivity index (χ4n) is 2.79. The van der Waals surface area contributed by atoms with E-state index in [-0.39, 0.29) is 6.42 Å². The van der Waals surface area contributed by atoms with E-state index in [0.29, 0.717) is 25.1 Å². The molecular formula is C15H23N5O5. The number of aromatic nitrogens is 2. The minimum Gasteiger partial charge on any atom is -0.480 e. The second kappa shape index (κ2) is 8.08. The number of aliphatic hydroxyl groups is 1. The van der Waals surface area contributed by atoms with Crippen LogP contribution in [-0.4, -0.2) is 73.6 Å². The van der Waals surface area contributed by atoms with Crippen LogP contribution >= 0.6 is 0 Å². The number of aliphatic carboxylic acids is 1. The minimum atomic E-state index is -1.18. The fourth-order valence-corrected chi connectivity index (χ4v) is 2.79. The highest BCUT2D eigenvalue weighted by Gasteiger charge is 2.38. The number of aliphatic hydroxyl groups excluding tert-OH is 1. The topological polar surface area (TPSA) is 162 Å². The van der Waals surface area contributed by atoms with E-state index in [1.165, 1.54) is 24.3 Å². The molecule has 1 saturated heterocycles. The maximum Gasteiger partial charge on any atom is 0.326 e. The Morgan fingerprint density at radius 1 is 1.52 bits per heavy atom. The van der Waals surface area contributed by atoms with Gasteiger partial charge in [-0.1, -0.05) is 0 Å². The highest BCUT2D eigenvalue weighted by Crippen LogP contribution is 2.19. The standard InChI is InChI=1S/C15H23N5O5/c1-8(21)12(16)14(23)20-4-2-3-11(20)13(22)19-10(15(24)25)5-9-6-17-7-18-9/h6-8,10-12,21H,2-5,16H2,1H3,(H,17,18)(H,19,22)(H,24,25). The number of likely N-dealkylation sites (tertiary alicyclic amines) is 1. The molecule has 0 radical (unpaired) electrons. The van der Waals surface area contributed by atoms with Crippen LogP contribution in [-0.2, 0) is 20.8 Å². The molecule has 2 amide bonds. The molecule has 10 heteroatoms. The van der Waals surface area contributed by atoms with E-state index >= 15 is 0 Å². The zero-order valence-corrected chi connectivity index (χ0v) is 13.9. The third-order valence-corrected chi connectivity index (χ3v) is 4.24. The summed E-state index contributed by atoms with van der Waals surface area (Å²) in [6, 6.07) is -3.05. The molecular weight excluding hydrogens is 330 g/mol. The van der Waals surface area contributed by atoms with Crippen LogP contribution in [0.2, 0.25) is 0 Å². The lowest BCUT2D eigenvalue weighted by Gasteiger charge is -2.28. The normalized spacial score (nSPS) is 20.8. The predicted molar refractivity (Wildman–Crippen MR) is 86.2 cm³/mol. The summed E-state index contributed by atoms with van der Waals surface area (Å²) < 4.78 is 0. The van der Waals surface area contributed by atoms with Crippen molar-refractivity contribution in [3.05, 3.63) is 18.2 Å². The van der Waals surface area contributed by atoms with Crippen molar-refractivity contribution in [3.8, 4) is 0 Å². The second-order valence-electron chi connectivity index (χ2n) is 6.14. The summed E-state index contributed by atoms with van der Waals surface area (Å²) in [4.78, 5) is 44.1. The molecule has 2 rings (SSSR count). The number of carboxylic acid groups (broad SMARTS) is 1. The molecule has 0 bridgehead atoms. The van der Waals surface area contributed by atoms with E-state index in [2.05, 4.69) is 15.3 Å². The Kier molecular flexibility index (Phi) is 6.10. The first-order valence-corrected chi connectivity index (χ1v) is 8.05. The summed E-state index contributed by atoms with van der Waals surface area (Å²) in [5, 5.41) is 21.3. The molecule has 1 aliphatic rings. The molecule has 1 aliphatic heterocycles. The van der Waals surface area contributed by atoms with Crippen molar-refractivity contribution in [3.63, 3.8) is 0 Å². The first-order chi connectivity index (χ1) is 11.8. The summed E-state index contributed by atoms with van der Waals surface area (Å²) in [5.41, 5.74) is 6.24. The molecule has 1 aromatic rings. The van der Waals surface area contributed by atoms with Crippen molar-refractivity contribution in [1.29, 1.82) is 0 Å². The number of nitrogens with one attached hydrogen (secondary N) is 2. The Morgan fingerprint density at radius 3 is 2.80 bits per heavy atom. The van der Waals surface area contributed by atoms with E-state index in [0.717, 1.165) is 0 Å². The molecule has 138 valence electrons. The van der Waals surface area contributed by atoms with Crippen LogP contribution in [0.4, 0.5) is 0 Å². The lowest BCUT2D eigenvalue weighted by molar-refractivity contribution is -0.144. The summed E-state index contributed by atoms with van der Waals surface area (Å²) in [6.45, 7) is 1.74. The molecule has 4 atom stereocenters. The molecule has 0 saturated carbocycles. The largest absolute Gasteiger partial charge is 0.480 e. The second-order valence-corrected chi connectivity index (χ2v) is 6.14. The first kappa shape index (κ1) is 18.9. The number of H-pyrrole nitrogens is 1. The van der Waals surface area contributed by atoms with Gasteiger partial charge in [0.2, 0.25) is 11.8 Å². The highest BCUT2D eigenvalue weighted by atomic mass is 16.4. The van der Waals surface area contributed by atoms with E-state index in [9.17, 15) is 24.6 Å². The predicted octanol–water partition coefficient (Wildman–Crippen LogP) is -1.78. The molecule has 0 spiro atoms. The zero-order chi connectivity index (χ0) is 18.6. The summed E-state index contributed by atoms with van der Waals surface area (Å²) in [7, 11) is 0. The number of hydrogen-bond acceptors (Lipinski definition) is 6. The van der Waals surface area contributed by atoms with Gasteiger partial charge in [-0.2, -0.15) is 0 Å². The Morgan fingerprint density at radius 2 is 2.24 bits per heavy atom. The fraction of sp³-hybridized carbons (Fsp3) is 0.600. The maximum absolute atomic E-state index is 12.5. The number of hydrogen-bond donors (Lipinski definition) is 5. The molecule has 1 fully saturated rings. The third kappa shape index (κ3) is 4.54. The number of rotatable bonds is 7. The Bertz CT molecular complexity index is 618. The van der Waals surface area contributed by atoms with E-state index in [1.54, 1.807) is 0 Å². The van der Waals surface area contributed by atoms with Crippen molar-refractivity contribution in [2.45, 2.75) is 50.4 Å². The van der Waals surface area contributed by atoms with Gasteiger partial charge in [-0.15, -0.1) is 0 Å². The van der Waals surface area contributed by atoms with Crippen molar-refractivity contribution >= 4 is 17.8 Å². The molecule has 0 aromatic carbocycles. The third-order valence-electron chi connectivity index (χ3n) is 4.24. The zero-order valence-electron chi connectivity index (χ0n) is 13.9. The lowest BCUT2D eigenvalue weighted by atomic mass is 10.1. The average molecular weight is 353 g/mol. The average Bonchev–Trinajstić information content (AvgIpc) is 3.23. The van der Waals surface area contributed by atoms with E-state index in [4.69, 9.17) is 5.73 Å². The van der Waals surface area contributed by atoms with Crippen LogP contribution in [0.1, 0.15) is 25.5 Å². The van der Waals surface area contributed by atoms with E-state index < -0.39 is 42.0 Å². The van der Waals surface area contributed by atoms with Crippen LogP contribution in [0.3, 0.4) is 0 Å². The van der Waals surface area contributed by atoms with Gasteiger partial charge in [0.15, 0.2) is 0 Å². The van der Waals surface area contributed by atoms with Gasteiger partial charge in [-0.3, -0.25) is 9.59 Å². The maximum atomic E-state index is 12.5. The van der Waals surface area contributed by atoms with Gasteiger partial charge in [0.25, 0.3) is 0 Å². The molecule has 25 heavy (non-hydrogen) atoms. The number of aromatic amines is 1. The number of imidazole rings is 1. The smallest absolute Gasteiger partial charge is 0.326 e. The molecule has 2 heterocycles. The van der Waals surface area contributed by atoms with E-state index in [1.807, 2.05) is 0 Å². The van der Waals surface area contributed by atoms with Gasteiger partial charge in [0, 0.05) is 24.9 Å². The Hall–Kier alpha value is -2.46. The molecule has 6 N–H and O–H groups in total. The quantitative estimate of drug-likeness (QED) is 0.387. The number of nitrogens with two attached hydrogens (primary N) is 1. The van der Waals surface area contributed by atoms with Crippen LogP contribution in [0.25, 0.3) is 0 Å².